The molecule has 1 aliphatic rings. The SMILES string of the molecule is C[C@H](C1CC1)N(Cc1ccccc1)S(=O)(=O)c1cccc(C#N)c1. The van der Waals surface area contributed by atoms with Gasteiger partial charge in [-0.1, -0.05) is 36.4 Å². The number of hydrogen-bond donors (Lipinski definition) is 0. The second kappa shape index (κ2) is 6.76. The summed E-state index contributed by atoms with van der Waals surface area (Å²) in [6.07, 6.45) is 2.14. The van der Waals surface area contributed by atoms with Gasteiger partial charge in [-0.15, -0.1) is 0 Å². The molecular weight excluding hydrogens is 320 g/mol. The van der Waals surface area contributed by atoms with Crippen molar-refractivity contribution in [1.29, 1.82) is 5.26 Å². The first-order chi connectivity index (χ1) is 11.5. The molecule has 1 fully saturated rings. The van der Waals surface area contributed by atoms with E-state index in [2.05, 4.69) is 0 Å². The molecule has 1 saturated carbocycles. The molecule has 0 radical (unpaired) electrons. The Morgan fingerprint density at radius 1 is 1.17 bits per heavy atom. The molecule has 0 bridgehead atoms. The smallest absolute Gasteiger partial charge is 0.207 e. The third-order valence-corrected chi connectivity index (χ3v) is 6.44. The lowest BCUT2D eigenvalue weighted by molar-refractivity contribution is 0.303. The number of rotatable bonds is 6. The van der Waals surface area contributed by atoms with E-state index in [4.69, 9.17) is 5.26 Å². The highest BCUT2D eigenvalue weighted by Gasteiger charge is 2.38. The average Bonchev–Trinajstić information content (AvgIpc) is 3.45. The molecule has 0 unspecified atom stereocenters. The minimum Gasteiger partial charge on any atom is -0.207 e. The van der Waals surface area contributed by atoms with Crippen LogP contribution in [0.3, 0.4) is 0 Å². The van der Waals surface area contributed by atoms with Gasteiger partial charge in [-0.2, -0.15) is 9.57 Å². The van der Waals surface area contributed by atoms with Gasteiger partial charge in [0.05, 0.1) is 16.5 Å². The van der Waals surface area contributed by atoms with Crippen LogP contribution in [-0.4, -0.2) is 18.8 Å². The van der Waals surface area contributed by atoms with Crippen molar-refractivity contribution in [3.05, 3.63) is 65.7 Å². The number of nitrogens with zero attached hydrogens (tertiary/aromatic N) is 2. The van der Waals surface area contributed by atoms with Crippen LogP contribution in [0.2, 0.25) is 0 Å². The topological polar surface area (TPSA) is 61.2 Å². The van der Waals surface area contributed by atoms with Crippen LogP contribution in [0.25, 0.3) is 0 Å². The minimum absolute atomic E-state index is 0.0547. The van der Waals surface area contributed by atoms with Crippen LogP contribution in [-0.2, 0) is 16.6 Å². The van der Waals surface area contributed by atoms with Gasteiger partial charge in [0, 0.05) is 12.6 Å². The van der Waals surface area contributed by atoms with Gasteiger partial charge in [-0.25, -0.2) is 8.42 Å². The lowest BCUT2D eigenvalue weighted by Gasteiger charge is -2.28. The molecule has 0 heterocycles. The summed E-state index contributed by atoms with van der Waals surface area (Å²) >= 11 is 0. The van der Waals surface area contributed by atoms with Gasteiger partial charge in [0.25, 0.3) is 0 Å². The van der Waals surface area contributed by atoms with Crippen molar-refractivity contribution in [2.45, 2.75) is 37.2 Å². The largest absolute Gasteiger partial charge is 0.243 e. The zero-order valence-corrected chi connectivity index (χ0v) is 14.4. The zero-order valence-electron chi connectivity index (χ0n) is 13.6. The minimum atomic E-state index is -3.65. The molecule has 124 valence electrons. The van der Waals surface area contributed by atoms with E-state index >= 15 is 0 Å². The molecule has 1 aliphatic carbocycles. The molecule has 0 spiro atoms. The van der Waals surface area contributed by atoms with Crippen LogP contribution >= 0.6 is 0 Å². The lowest BCUT2D eigenvalue weighted by atomic mass is 10.2. The summed E-state index contributed by atoms with van der Waals surface area (Å²) in [6, 6.07) is 17.8. The fourth-order valence-corrected chi connectivity index (χ4v) is 4.61. The van der Waals surface area contributed by atoms with Crippen LogP contribution in [0.15, 0.2) is 59.5 Å². The van der Waals surface area contributed by atoms with Crippen LogP contribution in [0.4, 0.5) is 0 Å². The Morgan fingerprint density at radius 2 is 1.88 bits per heavy atom. The van der Waals surface area contributed by atoms with Gasteiger partial charge in [-0.3, -0.25) is 0 Å². The van der Waals surface area contributed by atoms with E-state index in [1.54, 1.807) is 22.5 Å². The van der Waals surface area contributed by atoms with Gasteiger partial charge < -0.3 is 0 Å². The molecule has 24 heavy (non-hydrogen) atoms. The third-order valence-electron chi connectivity index (χ3n) is 4.51. The highest BCUT2D eigenvalue weighted by Crippen LogP contribution is 2.37. The fourth-order valence-electron chi connectivity index (χ4n) is 2.89. The van der Waals surface area contributed by atoms with Crippen LogP contribution in [0.5, 0.6) is 0 Å². The molecule has 0 aliphatic heterocycles. The average molecular weight is 340 g/mol. The van der Waals surface area contributed by atoms with Gasteiger partial charge in [0.1, 0.15) is 0 Å². The van der Waals surface area contributed by atoms with E-state index in [9.17, 15) is 8.42 Å². The summed E-state index contributed by atoms with van der Waals surface area (Å²) in [5, 5.41) is 9.05. The summed E-state index contributed by atoms with van der Waals surface area (Å²) in [4.78, 5) is 0.185. The van der Waals surface area contributed by atoms with Crippen LogP contribution < -0.4 is 0 Å². The van der Waals surface area contributed by atoms with Crippen molar-refractivity contribution >= 4 is 10.0 Å². The maximum atomic E-state index is 13.2. The summed E-state index contributed by atoms with van der Waals surface area (Å²) in [7, 11) is -3.65. The van der Waals surface area contributed by atoms with E-state index in [1.165, 1.54) is 6.07 Å². The van der Waals surface area contributed by atoms with Crippen LogP contribution in [0.1, 0.15) is 30.9 Å². The molecule has 2 aromatic rings. The highest BCUT2D eigenvalue weighted by molar-refractivity contribution is 7.89. The summed E-state index contributed by atoms with van der Waals surface area (Å²) in [6.45, 7) is 2.32. The Labute approximate surface area is 143 Å². The first-order valence-corrected chi connectivity index (χ1v) is 9.52. The Balaban J connectivity index is 1.98. The molecular formula is C19H20N2O2S. The monoisotopic (exact) mass is 340 g/mol. The predicted molar refractivity (Wildman–Crippen MR) is 92.5 cm³/mol. The fraction of sp³-hybridized carbons (Fsp3) is 0.316. The molecule has 0 saturated heterocycles. The summed E-state index contributed by atoms with van der Waals surface area (Å²) < 4.78 is 28.0. The second-order valence-corrected chi connectivity index (χ2v) is 8.14. The van der Waals surface area contributed by atoms with Crippen LogP contribution in [0, 0.1) is 17.2 Å². The lowest BCUT2D eigenvalue weighted by Crippen LogP contribution is -2.39. The Hall–Kier alpha value is -2.16. The van der Waals surface area contributed by atoms with E-state index in [-0.39, 0.29) is 10.9 Å². The van der Waals surface area contributed by atoms with Crippen molar-refractivity contribution in [2.24, 2.45) is 5.92 Å². The highest BCUT2D eigenvalue weighted by atomic mass is 32.2. The third kappa shape index (κ3) is 3.50. The number of sulfonamides is 1. The van der Waals surface area contributed by atoms with E-state index in [1.807, 2.05) is 43.3 Å². The maximum absolute atomic E-state index is 13.2. The number of hydrogen-bond acceptors (Lipinski definition) is 3. The van der Waals surface area contributed by atoms with Gasteiger partial charge in [0.15, 0.2) is 0 Å². The van der Waals surface area contributed by atoms with Crippen molar-refractivity contribution in [2.75, 3.05) is 0 Å². The first-order valence-electron chi connectivity index (χ1n) is 8.08. The molecule has 4 nitrogen and oxygen atoms in total. The molecule has 0 amide bonds. The van der Waals surface area contributed by atoms with Crippen molar-refractivity contribution in [3.63, 3.8) is 0 Å². The predicted octanol–water partition coefficient (Wildman–Crippen LogP) is 3.55. The first kappa shape index (κ1) is 16.7. The molecule has 2 aromatic carbocycles. The van der Waals surface area contributed by atoms with Crippen molar-refractivity contribution in [1.82, 2.24) is 4.31 Å². The maximum Gasteiger partial charge on any atom is 0.243 e. The number of benzene rings is 2. The van der Waals surface area contributed by atoms with E-state index in [0.29, 0.717) is 18.0 Å². The normalized spacial score (nSPS) is 15.9. The molecule has 0 aromatic heterocycles. The molecule has 5 heteroatoms. The van der Waals surface area contributed by atoms with E-state index < -0.39 is 10.0 Å². The quantitative estimate of drug-likeness (QED) is 0.808. The Bertz CT molecular complexity index is 852. The van der Waals surface area contributed by atoms with Gasteiger partial charge in [-0.05, 0) is 49.4 Å². The van der Waals surface area contributed by atoms with E-state index in [0.717, 1.165) is 18.4 Å². The summed E-state index contributed by atoms with van der Waals surface area (Å²) in [5.41, 5.74) is 1.32. The van der Waals surface area contributed by atoms with Crippen molar-refractivity contribution < 1.29 is 8.42 Å². The second-order valence-electron chi connectivity index (χ2n) is 6.25. The number of nitriles is 1. The van der Waals surface area contributed by atoms with Crippen molar-refractivity contribution in [3.8, 4) is 6.07 Å². The van der Waals surface area contributed by atoms with Gasteiger partial charge >= 0.3 is 0 Å². The van der Waals surface area contributed by atoms with Gasteiger partial charge in [0.2, 0.25) is 10.0 Å². The summed E-state index contributed by atoms with van der Waals surface area (Å²) in [5.74, 6) is 0.419. The molecule has 1 atom stereocenters. The standard InChI is InChI=1S/C19H20N2O2S/c1-15(18-10-11-18)21(14-16-6-3-2-4-7-16)24(22,23)19-9-5-8-17(12-19)13-20/h2-9,12,15,18H,10-11,14H2,1H3/t15-/m1/s1. The Morgan fingerprint density at radius 3 is 2.50 bits per heavy atom. The molecule has 0 N–H and O–H groups in total. The zero-order chi connectivity index (χ0) is 17.2. The Kier molecular flexibility index (Phi) is 4.70. The molecule has 3 rings (SSSR count).